The van der Waals surface area contributed by atoms with Gasteiger partial charge in [-0.15, -0.1) is 0 Å². The minimum absolute atomic E-state index is 0.0460. The van der Waals surface area contributed by atoms with Crippen LogP contribution in [0, 0.1) is 11.2 Å². The van der Waals surface area contributed by atoms with Gasteiger partial charge in [0.25, 0.3) is 0 Å². The molecular formula is C27H37ClFN3O3. The Kier molecular flexibility index (Phi) is 8.45. The van der Waals surface area contributed by atoms with Crippen LogP contribution in [0.4, 0.5) is 4.39 Å². The summed E-state index contributed by atoms with van der Waals surface area (Å²) in [7, 11) is 0. The minimum atomic E-state index is -0.871. The lowest BCUT2D eigenvalue weighted by Gasteiger charge is -2.39. The van der Waals surface area contributed by atoms with E-state index in [4.69, 9.17) is 16.3 Å². The van der Waals surface area contributed by atoms with Crippen LogP contribution in [-0.2, 0) is 17.6 Å². The Balaban J connectivity index is 1.80. The Bertz CT molecular complexity index is 1040. The van der Waals surface area contributed by atoms with Crippen LogP contribution >= 0.6 is 11.6 Å². The average molecular weight is 506 g/mol. The average Bonchev–Trinajstić information content (AvgIpc) is 2.72. The molecule has 35 heavy (non-hydrogen) atoms. The van der Waals surface area contributed by atoms with Gasteiger partial charge in [0, 0.05) is 37.2 Å². The number of ether oxygens (including phenoxy) is 1. The Morgan fingerprint density at radius 1 is 1.31 bits per heavy atom. The maximum Gasteiger partial charge on any atom is 0.217 e. The number of benzene rings is 1. The van der Waals surface area contributed by atoms with E-state index >= 15 is 0 Å². The zero-order chi connectivity index (χ0) is 26.0. The number of aliphatic hydroxyl groups is 1. The van der Waals surface area contributed by atoms with Crippen molar-refractivity contribution < 1.29 is 19.0 Å². The third-order valence-corrected chi connectivity index (χ3v) is 6.23. The van der Waals surface area contributed by atoms with Gasteiger partial charge in [0.15, 0.2) is 10.9 Å². The molecule has 0 saturated carbocycles. The highest BCUT2D eigenvalue weighted by Crippen LogP contribution is 2.43. The third-order valence-electron chi connectivity index (χ3n) is 5.97. The van der Waals surface area contributed by atoms with Crippen LogP contribution in [0.5, 0.6) is 5.75 Å². The number of aromatic nitrogens is 1. The molecule has 1 amide bonds. The molecule has 3 rings (SSSR count). The molecule has 0 bridgehead atoms. The monoisotopic (exact) mass is 505 g/mol. The zero-order valence-electron chi connectivity index (χ0n) is 21.4. The molecule has 0 saturated heterocycles. The first kappa shape index (κ1) is 27.4. The molecule has 3 N–H and O–H groups in total. The molecule has 0 fully saturated rings. The van der Waals surface area contributed by atoms with Gasteiger partial charge in [0.1, 0.15) is 11.4 Å². The Labute approximate surface area is 212 Å². The predicted molar refractivity (Wildman–Crippen MR) is 136 cm³/mol. The zero-order valence-corrected chi connectivity index (χ0v) is 22.2. The summed E-state index contributed by atoms with van der Waals surface area (Å²) in [5.74, 6) is 0.00231. The van der Waals surface area contributed by atoms with Gasteiger partial charge in [0.05, 0.1) is 12.1 Å². The first-order valence-corrected chi connectivity index (χ1v) is 12.4. The van der Waals surface area contributed by atoms with Crippen LogP contribution in [0.1, 0.15) is 70.8 Å². The summed E-state index contributed by atoms with van der Waals surface area (Å²) in [5.41, 5.74) is 2.21. The number of rotatable bonds is 8. The van der Waals surface area contributed by atoms with Crippen molar-refractivity contribution in [1.29, 1.82) is 0 Å². The summed E-state index contributed by atoms with van der Waals surface area (Å²) < 4.78 is 19.5. The number of amides is 1. The van der Waals surface area contributed by atoms with Crippen molar-refractivity contribution in [3.63, 3.8) is 0 Å². The number of fused-ring (bicyclic) bond motifs is 1. The van der Waals surface area contributed by atoms with Crippen molar-refractivity contribution in [3.05, 3.63) is 58.1 Å². The molecule has 2 aromatic rings. The van der Waals surface area contributed by atoms with E-state index in [0.717, 1.165) is 23.2 Å². The van der Waals surface area contributed by atoms with Gasteiger partial charge in [-0.05, 0) is 55.9 Å². The van der Waals surface area contributed by atoms with Crippen molar-refractivity contribution in [2.45, 2.75) is 84.6 Å². The lowest BCUT2D eigenvalue weighted by molar-refractivity contribution is -0.120. The summed E-state index contributed by atoms with van der Waals surface area (Å²) in [6, 6.07) is 7.45. The fourth-order valence-electron chi connectivity index (χ4n) is 4.49. The lowest BCUT2D eigenvalue weighted by Crippen LogP contribution is -2.49. The number of nitrogens with zero attached hydrogens (tertiary/aromatic N) is 1. The number of carbonyl (C=O) groups excluding carboxylic acids is 1. The molecule has 0 unspecified atom stereocenters. The molecule has 8 heteroatoms. The normalized spacial score (nSPS) is 18.8. The number of hydrogen-bond donors (Lipinski definition) is 3. The van der Waals surface area contributed by atoms with Gasteiger partial charge in [-0.1, -0.05) is 44.5 Å². The van der Waals surface area contributed by atoms with Gasteiger partial charge in [-0.2, -0.15) is 0 Å². The summed E-state index contributed by atoms with van der Waals surface area (Å²) in [5, 5.41) is 17.7. The molecule has 0 aliphatic carbocycles. The smallest absolute Gasteiger partial charge is 0.217 e. The lowest BCUT2D eigenvalue weighted by atomic mass is 9.87. The van der Waals surface area contributed by atoms with Gasteiger partial charge in [0.2, 0.25) is 5.91 Å². The van der Waals surface area contributed by atoms with E-state index in [0.29, 0.717) is 23.7 Å². The van der Waals surface area contributed by atoms with Crippen molar-refractivity contribution in [2.24, 2.45) is 5.41 Å². The number of nitrogens with one attached hydrogen (secondary N) is 2. The van der Waals surface area contributed by atoms with Crippen molar-refractivity contribution in [1.82, 2.24) is 15.6 Å². The molecule has 1 aromatic heterocycles. The second-order valence-electron chi connectivity index (χ2n) is 11.3. The van der Waals surface area contributed by atoms with E-state index in [2.05, 4.69) is 36.4 Å². The van der Waals surface area contributed by atoms with E-state index in [1.54, 1.807) is 12.1 Å². The number of hydrogen-bond acceptors (Lipinski definition) is 5. The molecule has 0 radical (unpaired) electrons. The largest absolute Gasteiger partial charge is 0.484 e. The second kappa shape index (κ2) is 10.8. The molecule has 1 aromatic carbocycles. The van der Waals surface area contributed by atoms with E-state index < -0.39 is 17.7 Å². The van der Waals surface area contributed by atoms with Gasteiger partial charge >= 0.3 is 0 Å². The van der Waals surface area contributed by atoms with Crippen LogP contribution in [0.25, 0.3) is 0 Å². The van der Waals surface area contributed by atoms with E-state index in [-0.39, 0.29) is 29.7 Å². The Hall–Kier alpha value is -2.22. The number of aliphatic hydroxyl groups excluding tert-OH is 1. The van der Waals surface area contributed by atoms with Crippen LogP contribution in [-0.4, -0.2) is 40.3 Å². The van der Waals surface area contributed by atoms with E-state index in [9.17, 15) is 14.3 Å². The van der Waals surface area contributed by atoms with Gasteiger partial charge in [-0.3, -0.25) is 4.79 Å². The maximum atomic E-state index is 13.3. The van der Waals surface area contributed by atoms with Gasteiger partial charge < -0.3 is 20.5 Å². The van der Waals surface area contributed by atoms with E-state index in [1.165, 1.54) is 19.1 Å². The highest BCUT2D eigenvalue weighted by molar-refractivity contribution is 6.31. The molecule has 2 heterocycles. The van der Waals surface area contributed by atoms with E-state index in [1.807, 2.05) is 19.9 Å². The molecule has 1 aliphatic rings. The number of halogens is 2. The summed E-state index contributed by atoms with van der Waals surface area (Å²) in [6.07, 6.45) is 0.945. The third kappa shape index (κ3) is 7.89. The van der Waals surface area contributed by atoms with Crippen molar-refractivity contribution in [2.75, 3.05) is 6.54 Å². The number of pyridine rings is 1. The standard InChI is InChI=1S/C27H37ClFN3O3/c1-16(33)31-21(11-17-7-9-18(29)10-8-17)23(34)15-30-22-14-27(5,6)35-24-20(22)12-19(32-25(24)28)13-26(2,3)4/h7-10,12,21-23,30,34H,11,13-15H2,1-6H3,(H,31,33)/t21-,22-,23-/m0/s1. The number of carbonyl (C=O) groups is 1. The van der Waals surface area contributed by atoms with Crippen LogP contribution < -0.4 is 15.4 Å². The fourth-order valence-corrected chi connectivity index (χ4v) is 4.75. The minimum Gasteiger partial charge on any atom is -0.484 e. The Morgan fingerprint density at radius 3 is 2.57 bits per heavy atom. The summed E-state index contributed by atoms with van der Waals surface area (Å²) in [4.78, 5) is 16.4. The fraction of sp³-hybridized carbons (Fsp3) is 0.556. The molecular weight excluding hydrogens is 469 g/mol. The van der Waals surface area contributed by atoms with Crippen molar-refractivity contribution >= 4 is 17.5 Å². The highest BCUT2D eigenvalue weighted by Gasteiger charge is 2.36. The van der Waals surface area contributed by atoms with Crippen LogP contribution in [0.2, 0.25) is 5.15 Å². The van der Waals surface area contributed by atoms with Crippen LogP contribution in [0.3, 0.4) is 0 Å². The van der Waals surface area contributed by atoms with Gasteiger partial charge in [-0.25, -0.2) is 9.37 Å². The molecule has 0 spiro atoms. The summed E-state index contributed by atoms with van der Waals surface area (Å²) >= 11 is 6.55. The molecule has 192 valence electrons. The Morgan fingerprint density at radius 2 is 1.97 bits per heavy atom. The first-order chi connectivity index (χ1) is 16.2. The molecule has 3 atom stereocenters. The SMILES string of the molecule is CC(=O)N[C@@H](Cc1ccc(F)cc1)[C@@H](O)CN[C@H]1CC(C)(C)Oc2c1cc(CC(C)(C)C)nc2Cl. The molecule has 1 aliphatic heterocycles. The second-order valence-corrected chi connectivity index (χ2v) is 11.6. The van der Waals surface area contributed by atoms with Crippen LogP contribution in [0.15, 0.2) is 30.3 Å². The maximum absolute atomic E-state index is 13.3. The molecule has 6 nitrogen and oxygen atoms in total. The predicted octanol–water partition coefficient (Wildman–Crippen LogP) is 4.76. The van der Waals surface area contributed by atoms with Crippen molar-refractivity contribution in [3.8, 4) is 5.75 Å². The quantitative estimate of drug-likeness (QED) is 0.450. The highest BCUT2D eigenvalue weighted by atomic mass is 35.5. The first-order valence-electron chi connectivity index (χ1n) is 12.0. The topological polar surface area (TPSA) is 83.5 Å². The summed E-state index contributed by atoms with van der Waals surface area (Å²) in [6.45, 7) is 12.1.